The van der Waals surface area contributed by atoms with Gasteiger partial charge in [-0.05, 0) is 18.1 Å². The number of methoxy groups -OCH3 is 1. The van der Waals surface area contributed by atoms with Gasteiger partial charge in [0.05, 0.1) is 7.11 Å². The van der Waals surface area contributed by atoms with Gasteiger partial charge < -0.3 is 15.4 Å². The second-order valence-corrected chi connectivity index (χ2v) is 4.14. The number of pyridine rings is 1. The normalized spacial score (nSPS) is 19.1. The molecule has 5 heteroatoms. The van der Waals surface area contributed by atoms with Crippen molar-refractivity contribution in [1.82, 2.24) is 15.6 Å². The number of rotatable bonds is 5. The standard InChI is InChI=1S/C12H17N3O2/c1-17-12-6-9(4-5-14-12)7-13-8-10-2-3-11(16)15-10/h4-6,10,13H,2-3,7-8H2,1H3,(H,15,16). The molecule has 1 saturated heterocycles. The van der Waals surface area contributed by atoms with E-state index in [4.69, 9.17) is 4.74 Å². The van der Waals surface area contributed by atoms with E-state index < -0.39 is 0 Å². The SMILES string of the molecule is COc1cc(CNCC2CCC(=O)N2)ccn1. The third-order valence-corrected chi connectivity index (χ3v) is 2.81. The third-order valence-electron chi connectivity index (χ3n) is 2.81. The minimum atomic E-state index is 0.155. The van der Waals surface area contributed by atoms with Gasteiger partial charge in [-0.3, -0.25) is 4.79 Å². The molecule has 5 nitrogen and oxygen atoms in total. The van der Waals surface area contributed by atoms with Crippen LogP contribution in [0.3, 0.4) is 0 Å². The molecule has 0 bridgehead atoms. The monoisotopic (exact) mass is 235 g/mol. The predicted molar refractivity (Wildman–Crippen MR) is 63.7 cm³/mol. The van der Waals surface area contributed by atoms with Crippen LogP contribution in [0.2, 0.25) is 0 Å². The summed E-state index contributed by atoms with van der Waals surface area (Å²) in [7, 11) is 1.60. The molecule has 92 valence electrons. The molecule has 0 aliphatic carbocycles. The first kappa shape index (κ1) is 11.9. The Morgan fingerprint density at radius 2 is 2.53 bits per heavy atom. The first-order chi connectivity index (χ1) is 8.28. The van der Waals surface area contributed by atoms with Crippen molar-refractivity contribution >= 4 is 5.91 Å². The Hall–Kier alpha value is -1.62. The number of aromatic nitrogens is 1. The van der Waals surface area contributed by atoms with Gasteiger partial charge in [-0.25, -0.2) is 4.98 Å². The Labute approximate surface area is 101 Å². The van der Waals surface area contributed by atoms with E-state index in [2.05, 4.69) is 15.6 Å². The highest BCUT2D eigenvalue weighted by Crippen LogP contribution is 2.09. The molecule has 1 aliphatic heterocycles. The van der Waals surface area contributed by atoms with Gasteiger partial charge >= 0.3 is 0 Å². The van der Waals surface area contributed by atoms with Gasteiger partial charge in [-0.15, -0.1) is 0 Å². The lowest BCUT2D eigenvalue weighted by molar-refractivity contribution is -0.119. The van der Waals surface area contributed by atoms with E-state index >= 15 is 0 Å². The molecule has 1 fully saturated rings. The van der Waals surface area contributed by atoms with Crippen molar-refractivity contribution in [3.63, 3.8) is 0 Å². The van der Waals surface area contributed by atoms with Crippen LogP contribution in [-0.2, 0) is 11.3 Å². The van der Waals surface area contributed by atoms with Crippen LogP contribution < -0.4 is 15.4 Å². The summed E-state index contributed by atoms with van der Waals surface area (Å²) in [6.45, 7) is 1.56. The summed E-state index contributed by atoms with van der Waals surface area (Å²) in [6, 6.07) is 4.12. The average molecular weight is 235 g/mol. The Balaban J connectivity index is 1.75. The lowest BCUT2D eigenvalue weighted by Crippen LogP contribution is -2.35. The van der Waals surface area contributed by atoms with Crippen molar-refractivity contribution in [3.8, 4) is 5.88 Å². The predicted octanol–water partition coefficient (Wildman–Crippen LogP) is 0.458. The lowest BCUT2D eigenvalue weighted by Gasteiger charge is -2.11. The number of nitrogens with zero attached hydrogens (tertiary/aromatic N) is 1. The molecule has 1 aliphatic rings. The topological polar surface area (TPSA) is 63.2 Å². The Bertz CT molecular complexity index is 395. The van der Waals surface area contributed by atoms with E-state index in [-0.39, 0.29) is 11.9 Å². The minimum Gasteiger partial charge on any atom is -0.481 e. The van der Waals surface area contributed by atoms with Crippen molar-refractivity contribution in [2.45, 2.75) is 25.4 Å². The van der Waals surface area contributed by atoms with Crippen molar-refractivity contribution < 1.29 is 9.53 Å². The molecular formula is C12H17N3O2. The van der Waals surface area contributed by atoms with Gasteiger partial charge in [0, 0.05) is 37.8 Å². The molecule has 1 unspecified atom stereocenters. The van der Waals surface area contributed by atoms with Crippen LogP contribution >= 0.6 is 0 Å². The summed E-state index contributed by atoms with van der Waals surface area (Å²) >= 11 is 0. The van der Waals surface area contributed by atoms with E-state index in [0.29, 0.717) is 12.3 Å². The molecule has 0 aromatic carbocycles. The van der Waals surface area contributed by atoms with Crippen LogP contribution in [0.1, 0.15) is 18.4 Å². The Morgan fingerprint density at radius 1 is 1.65 bits per heavy atom. The second-order valence-electron chi connectivity index (χ2n) is 4.14. The third kappa shape index (κ3) is 3.42. The zero-order valence-corrected chi connectivity index (χ0v) is 9.90. The van der Waals surface area contributed by atoms with E-state index in [1.54, 1.807) is 13.3 Å². The Kier molecular flexibility index (Phi) is 3.93. The molecule has 1 aromatic rings. The van der Waals surface area contributed by atoms with Gasteiger partial charge in [0.2, 0.25) is 11.8 Å². The van der Waals surface area contributed by atoms with Gasteiger partial charge in [-0.1, -0.05) is 0 Å². The molecule has 2 N–H and O–H groups in total. The van der Waals surface area contributed by atoms with Crippen LogP contribution in [-0.4, -0.2) is 30.6 Å². The molecular weight excluding hydrogens is 218 g/mol. The largest absolute Gasteiger partial charge is 0.481 e. The van der Waals surface area contributed by atoms with Gasteiger partial charge in [-0.2, -0.15) is 0 Å². The summed E-state index contributed by atoms with van der Waals surface area (Å²) in [6.07, 6.45) is 3.30. The molecule has 2 rings (SSSR count). The first-order valence-electron chi connectivity index (χ1n) is 5.77. The fourth-order valence-corrected chi connectivity index (χ4v) is 1.89. The number of amides is 1. The van der Waals surface area contributed by atoms with Crippen LogP contribution in [0.15, 0.2) is 18.3 Å². The molecule has 0 radical (unpaired) electrons. The highest BCUT2D eigenvalue weighted by molar-refractivity contribution is 5.78. The van der Waals surface area contributed by atoms with Crippen molar-refractivity contribution in [2.24, 2.45) is 0 Å². The number of ether oxygens (including phenoxy) is 1. The summed E-state index contributed by atoms with van der Waals surface area (Å²) in [4.78, 5) is 15.1. The lowest BCUT2D eigenvalue weighted by atomic mass is 10.2. The zero-order valence-electron chi connectivity index (χ0n) is 9.90. The van der Waals surface area contributed by atoms with Crippen molar-refractivity contribution in [3.05, 3.63) is 23.9 Å². The number of hydrogen-bond acceptors (Lipinski definition) is 4. The van der Waals surface area contributed by atoms with Crippen LogP contribution in [0.4, 0.5) is 0 Å². The molecule has 1 aromatic heterocycles. The fraction of sp³-hybridized carbons (Fsp3) is 0.500. The maximum atomic E-state index is 11.0. The van der Waals surface area contributed by atoms with Gasteiger partial charge in [0.25, 0.3) is 0 Å². The summed E-state index contributed by atoms with van der Waals surface area (Å²) in [5, 5.41) is 6.24. The molecule has 1 atom stereocenters. The maximum absolute atomic E-state index is 11.0. The van der Waals surface area contributed by atoms with Crippen molar-refractivity contribution in [1.29, 1.82) is 0 Å². The number of carbonyl (C=O) groups excluding carboxylic acids is 1. The van der Waals surface area contributed by atoms with E-state index in [9.17, 15) is 4.79 Å². The minimum absolute atomic E-state index is 0.155. The second kappa shape index (κ2) is 5.63. The van der Waals surface area contributed by atoms with Crippen molar-refractivity contribution in [2.75, 3.05) is 13.7 Å². The maximum Gasteiger partial charge on any atom is 0.220 e. The number of hydrogen-bond donors (Lipinski definition) is 2. The first-order valence-corrected chi connectivity index (χ1v) is 5.77. The van der Waals surface area contributed by atoms with Crippen LogP contribution in [0.5, 0.6) is 5.88 Å². The number of nitrogens with one attached hydrogen (secondary N) is 2. The molecule has 0 spiro atoms. The fourth-order valence-electron chi connectivity index (χ4n) is 1.89. The summed E-state index contributed by atoms with van der Waals surface area (Å²) in [5.41, 5.74) is 1.13. The zero-order chi connectivity index (χ0) is 12.1. The molecule has 17 heavy (non-hydrogen) atoms. The van der Waals surface area contributed by atoms with E-state index in [1.807, 2.05) is 12.1 Å². The van der Waals surface area contributed by atoms with E-state index in [0.717, 1.165) is 25.1 Å². The molecule has 1 amide bonds. The van der Waals surface area contributed by atoms with E-state index in [1.165, 1.54) is 0 Å². The summed E-state index contributed by atoms with van der Waals surface area (Å²) < 4.78 is 5.05. The summed E-state index contributed by atoms with van der Waals surface area (Å²) in [5.74, 6) is 0.779. The number of carbonyl (C=O) groups is 1. The smallest absolute Gasteiger partial charge is 0.220 e. The molecule has 2 heterocycles. The quantitative estimate of drug-likeness (QED) is 0.778. The molecule has 0 saturated carbocycles. The van der Waals surface area contributed by atoms with Gasteiger partial charge in [0.15, 0.2) is 0 Å². The highest BCUT2D eigenvalue weighted by Gasteiger charge is 2.19. The highest BCUT2D eigenvalue weighted by atomic mass is 16.5. The van der Waals surface area contributed by atoms with Crippen LogP contribution in [0, 0.1) is 0 Å². The van der Waals surface area contributed by atoms with Crippen LogP contribution in [0.25, 0.3) is 0 Å². The Morgan fingerprint density at radius 3 is 3.24 bits per heavy atom. The van der Waals surface area contributed by atoms with Gasteiger partial charge in [0.1, 0.15) is 0 Å². The average Bonchev–Trinajstić information content (AvgIpc) is 2.75.